The molecule has 1 saturated heterocycles. The summed E-state index contributed by atoms with van der Waals surface area (Å²) in [6.07, 6.45) is 4.74. The molecule has 0 aromatic heterocycles. The van der Waals surface area contributed by atoms with Crippen LogP contribution < -0.4 is 10.0 Å². The molecule has 1 unspecified atom stereocenters. The first-order chi connectivity index (χ1) is 6.68. The van der Waals surface area contributed by atoms with Crippen molar-refractivity contribution in [2.24, 2.45) is 0 Å². The predicted octanol–water partition coefficient (Wildman–Crippen LogP) is 0.210. The lowest BCUT2D eigenvalue weighted by molar-refractivity contribution is 0.545. The molecule has 1 aliphatic heterocycles. The molecule has 0 radical (unpaired) electrons. The van der Waals surface area contributed by atoms with Crippen molar-refractivity contribution in [1.82, 2.24) is 10.0 Å². The quantitative estimate of drug-likeness (QED) is 0.712. The Hall–Kier alpha value is -0.130. The van der Waals surface area contributed by atoms with E-state index in [1.165, 1.54) is 0 Å². The summed E-state index contributed by atoms with van der Waals surface area (Å²) in [6, 6.07) is 0.126. The molecular weight excluding hydrogens is 200 g/mol. The van der Waals surface area contributed by atoms with Crippen LogP contribution in [-0.2, 0) is 10.0 Å². The fourth-order valence-corrected chi connectivity index (χ4v) is 4.09. The Balaban J connectivity index is 1.93. The Morgan fingerprint density at radius 3 is 2.43 bits per heavy atom. The molecule has 1 heterocycles. The smallest absolute Gasteiger partial charge is 0.214 e. The third kappa shape index (κ3) is 2.27. The van der Waals surface area contributed by atoms with Gasteiger partial charge in [0.15, 0.2) is 0 Å². The van der Waals surface area contributed by atoms with Gasteiger partial charge < -0.3 is 5.32 Å². The molecule has 2 N–H and O–H groups in total. The van der Waals surface area contributed by atoms with Gasteiger partial charge in [0.25, 0.3) is 0 Å². The van der Waals surface area contributed by atoms with Crippen LogP contribution in [-0.4, -0.2) is 32.8 Å². The fraction of sp³-hybridized carbons (Fsp3) is 1.00. The van der Waals surface area contributed by atoms with Gasteiger partial charge in [0.05, 0.1) is 5.25 Å². The minimum Gasteiger partial charge on any atom is -0.315 e. The van der Waals surface area contributed by atoms with Crippen LogP contribution >= 0.6 is 0 Å². The van der Waals surface area contributed by atoms with E-state index in [2.05, 4.69) is 10.0 Å². The summed E-state index contributed by atoms with van der Waals surface area (Å²) < 4.78 is 26.5. The van der Waals surface area contributed by atoms with E-state index in [1.54, 1.807) is 0 Å². The minimum atomic E-state index is -3.03. The standard InChI is InChI=1S/C9H18N2O2S/c12-14(13,9-3-1-2-4-9)11-8-5-6-10-7-8/h8-11H,1-7H2. The van der Waals surface area contributed by atoms with Crippen molar-refractivity contribution in [1.29, 1.82) is 0 Å². The van der Waals surface area contributed by atoms with E-state index in [4.69, 9.17) is 0 Å². The van der Waals surface area contributed by atoms with Gasteiger partial charge in [-0.15, -0.1) is 0 Å². The summed E-state index contributed by atoms with van der Waals surface area (Å²) in [5, 5.41) is 3.04. The number of nitrogens with one attached hydrogen (secondary N) is 2. The van der Waals surface area contributed by atoms with Crippen molar-refractivity contribution < 1.29 is 8.42 Å². The number of hydrogen-bond acceptors (Lipinski definition) is 3. The molecule has 14 heavy (non-hydrogen) atoms. The average molecular weight is 218 g/mol. The number of hydrogen-bond donors (Lipinski definition) is 2. The van der Waals surface area contributed by atoms with Crippen molar-refractivity contribution in [2.75, 3.05) is 13.1 Å². The van der Waals surface area contributed by atoms with Gasteiger partial charge in [0.1, 0.15) is 0 Å². The lowest BCUT2D eigenvalue weighted by Gasteiger charge is -2.16. The van der Waals surface area contributed by atoms with Crippen molar-refractivity contribution >= 4 is 10.0 Å². The Morgan fingerprint density at radius 1 is 1.14 bits per heavy atom. The maximum absolute atomic E-state index is 11.8. The van der Waals surface area contributed by atoms with Gasteiger partial charge in [-0.3, -0.25) is 0 Å². The van der Waals surface area contributed by atoms with Crippen LogP contribution in [0.4, 0.5) is 0 Å². The van der Waals surface area contributed by atoms with E-state index in [0.717, 1.165) is 45.2 Å². The van der Waals surface area contributed by atoms with Gasteiger partial charge in [-0.25, -0.2) is 13.1 Å². The lowest BCUT2D eigenvalue weighted by Crippen LogP contribution is -2.41. The van der Waals surface area contributed by atoms with Crippen molar-refractivity contribution in [3.63, 3.8) is 0 Å². The number of rotatable bonds is 3. The van der Waals surface area contributed by atoms with Crippen LogP contribution in [0.1, 0.15) is 32.1 Å². The van der Waals surface area contributed by atoms with Gasteiger partial charge in [0.2, 0.25) is 10.0 Å². The molecule has 2 aliphatic rings. The van der Waals surface area contributed by atoms with Gasteiger partial charge in [-0.1, -0.05) is 12.8 Å². The molecule has 5 heteroatoms. The first-order valence-electron chi connectivity index (χ1n) is 5.40. The van der Waals surface area contributed by atoms with E-state index < -0.39 is 10.0 Å². The average Bonchev–Trinajstić information content (AvgIpc) is 2.71. The molecule has 4 nitrogen and oxygen atoms in total. The van der Waals surface area contributed by atoms with E-state index in [-0.39, 0.29) is 11.3 Å². The van der Waals surface area contributed by atoms with E-state index >= 15 is 0 Å². The van der Waals surface area contributed by atoms with Crippen molar-refractivity contribution in [3.05, 3.63) is 0 Å². The summed E-state index contributed by atoms with van der Waals surface area (Å²) in [5.41, 5.74) is 0. The first kappa shape index (κ1) is 10.4. The van der Waals surface area contributed by atoms with Crippen LogP contribution in [0.2, 0.25) is 0 Å². The molecular formula is C9H18N2O2S. The highest BCUT2D eigenvalue weighted by atomic mass is 32.2. The molecule has 1 atom stereocenters. The van der Waals surface area contributed by atoms with Gasteiger partial charge in [-0.05, 0) is 25.8 Å². The van der Waals surface area contributed by atoms with Crippen LogP contribution in [0.3, 0.4) is 0 Å². The summed E-state index contributed by atoms with van der Waals surface area (Å²) >= 11 is 0. The third-order valence-corrected chi connectivity index (χ3v) is 5.14. The Bertz CT molecular complexity index is 277. The molecule has 0 bridgehead atoms. The summed E-state index contributed by atoms with van der Waals surface area (Å²) in [7, 11) is -3.03. The largest absolute Gasteiger partial charge is 0.315 e. The fourth-order valence-electron chi connectivity index (χ4n) is 2.28. The van der Waals surface area contributed by atoms with Crippen molar-refractivity contribution in [3.8, 4) is 0 Å². The molecule has 1 aliphatic carbocycles. The Labute approximate surface area is 85.5 Å². The monoisotopic (exact) mass is 218 g/mol. The molecule has 0 spiro atoms. The Kier molecular flexibility index (Phi) is 3.09. The normalized spacial score (nSPS) is 29.9. The van der Waals surface area contributed by atoms with E-state index in [0.29, 0.717) is 0 Å². The minimum absolute atomic E-state index is 0.122. The zero-order valence-corrected chi connectivity index (χ0v) is 9.15. The SMILES string of the molecule is O=S(=O)(NC1CCNC1)C1CCCC1. The van der Waals surface area contributed by atoms with Gasteiger partial charge >= 0.3 is 0 Å². The highest BCUT2D eigenvalue weighted by Crippen LogP contribution is 2.24. The molecule has 0 amide bonds. The highest BCUT2D eigenvalue weighted by molar-refractivity contribution is 7.90. The van der Waals surface area contributed by atoms with E-state index in [1.807, 2.05) is 0 Å². The van der Waals surface area contributed by atoms with Crippen LogP contribution in [0, 0.1) is 0 Å². The second kappa shape index (κ2) is 4.16. The van der Waals surface area contributed by atoms with E-state index in [9.17, 15) is 8.42 Å². The topological polar surface area (TPSA) is 58.2 Å². The predicted molar refractivity (Wildman–Crippen MR) is 55.6 cm³/mol. The molecule has 0 aromatic carbocycles. The second-order valence-electron chi connectivity index (χ2n) is 4.26. The second-order valence-corrected chi connectivity index (χ2v) is 6.25. The summed E-state index contributed by atoms with van der Waals surface area (Å²) in [6.45, 7) is 1.71. The zero-order chi connectivity index (χ0) is 10.0. The maximum atomic E-state index is 11.8. The van der Waals surface area contributed by atoms with Crippen LogP contribution in [0.15, 0.2) is 0 Å². The van der Waals surface area contributed by atoms with Crippen LogP contribution in [0.5, 0.6) is 0 Å². The first-order valence-corrected chi connectivity index (χ1v) is 6.95. The summed E-state index contributed by atoms with van der Waals surface area (Å²) in [5.74, 6) is 0. The molecule has 2 rings (SSSR count). The summed E-state index contributed by atoms with van der Waals surface area (Å²) in [4.78, 5) is 0. The third-order valence-electron chi connectivity index (χ3n) is 3.13. The molecule has 1 saturated carbocycles. The van der Waals surface area contributed by atoms with Gasteiger partial charge in [0, 0.05) is 12.6 Å². The lowest BCUT2D eigenvalue weighted by atomic mass is 10.3. The highest BCUT2D eigenvalue weighted by Gasteiger charge is 2.31. The Morgan fingerprint density at radius 2 is 1.86 bits per heavy atom. The number of sulfonamides is 1. The molecule has 82 valence electrons. The van der Waals surface area contributed by atoms with Gasteiger partial charge in [-0.2, -0.15) is 0 Å². The molecule has 0 aromatic rings. The van der Waals surface area contributed by atoms with Crippen LogP contribution in [0.25, 0.3) is 0 Å². The van der Waals surface area contributed by atoms with Crippen molar-refractivity contribution in [2.45, 2.75) is 43.4 Å². The molecule has 2 fully saturated rings. The maximum Gasteiger partial charge on any atom is 0.214 e. The zero-order valence-electron chi connectivity index (χ0n) is 8.33.